The predicted octanol–water partition coefficient (Wildman–Crippen LogP) is 5.18. The van der Waals surface area contributed by atoms with Crippen LogP contribution in [-0.2, 0) is 9.59 Å². The summed E-state index contributed by atoms with van der Waals surface area (Å²) in [5.41, 5.74) is 2.73. The van der Waals surface area contributed by atoms with Gasteiger partial charge in [-0.15, -0.1) is 11.3 Å². The minimum Gasteiger partial charge on any atom is -0.497 e. The first-order valence-electron chi connectivity index (χ1n) is 12.2. The second kappa shape index (κ2) is 12.1. The standard InChI is InChI=1S/C29H35N3O4S/c1-7-29(4,5)31-28(35)26(21-10-8-11-23(17-21)36-6)32(22-14-13-19(2)20(3)16-22)25(33)18-30-27(34)24-12-9-15-37-24/h8-17,26H,7,18H2,1-6H3,(H,30,34)(H,31,35). The maximum atomic E-state index is 13.9. The number of rotatable bonds is 10. The Morgan fingerprint density at radius 2 is 1.78 bits per heavy atom. The third-order valence-corrected chi connectivity index (χ3v) is 7.31. The molecule has 3 aromatic rings. The highest BCUT2D eigenvalue weighted by molar-refractivity contribution is 7.12. The monoisotopic (exact) mass is 521 g/mol. The first-order valence-corrected chi connectivity index (χ1v) is 13.1. The van der Waals surface area contributed by atoms with Crippen molar-refractivity contribution in [3.05, 3.63) is 81.5 Å². The van der Waals surface area contributed by atoms with Gasteiger partial charge in [0.05, 0.1) is 18.5 Å². The largest absolute Gasteiger partial charge is 0.497 e. The zero-order valence-electron chi connectivity index (χ0n) is 22.3. The Hall–Kier alpha value is -3.65. The van der Waals surface area contributed by atoms with E-state index in [0.717, 1.165) is 11.1 Å². The SMILES string of the molecule is CCC(C)(C)NC(=O)C(c1cccc(OC)c1)N(C(=O)CNC(=O)c1cccs1)c1ccc(C)c(C)c1. The molecule has 1 heterocycles. The van der Waals surface area contributed by atoms with E-state index in [9.17, 15) is 14.4 Å². The number of carbonyl (C=O) groups excluding carboxylic acids is 3. The van der Waals surface area contributed by atoms with Gasteiger partial charge in [-0.05, 0) is 86.5 Å². The molecule has 1 aromatic heterocycles. The van der Waals surface area contributed by atoms with Crippen LogP contribution in [0.15, 0.2) is 60.0 Å². The average molecular weight is 522 g/mol. The fourth-order valence-electron chi connectivity index (χ4n) is 3.77. The Labute approximate surface area is 222 Å². The molecule has 0 saturated carbocycles. The van der Waals surface area contributed by atoms with Crippen LogP contribution in [0.3, 0.4) is 0 Å². The number of carbonyl (C=O) groups is 3. The van der Waals surface area contributed by atoms with Crippen molar-refractivity contribution in [2.24, 2.45) is 0 Å². The van der Waals surface area contributed by atoms with Crippen molar-refractivity contribution in [2.45, 2.75) is 52.6 Å². The summed E-state index contributed by atoms with van der Waals surface area (Å²) in [5.74, 6) is -0.497. The molecule has 0 aliphatic carbocycles. The zero-order valence-corrected chi connectivity index (χ0v) is 23.1. The highest BCUT2D eigenvalue weighted by atomic mass is 32.1. The fraction of sp³-hybridized carbons (Fsp3) is 0.345. The number of hydrogen-bond donors (Lipinski definition) is 2. The molecule has 0 fully saturated rings. The molecule has 2 aromatic carbocycles. The van der Waals surface area contributed by atoms with E-state index in [1.807, 2.05) is 52.8 Å². The van der Waals surface area contributed by atoms with E-state index in [4.69, 9.17) is 4.74 Å². The number of benzene rings is 2. The molecule has 2 N–H and O–H groups in total. The van der Waals surface area contributed by atoms with Gasteiger partial charge < -0.3 is 15.4 Å². The lowest BCUT2D eigenvalue weighted by Crippen LogP contribution is -2.52. The van der Waals surface area contributed by atoms with Gasteiger partial charge in [0, 0.05) is 11.2 Å². The third-order valence-electron chi connectivity index (χ3n) is 6.44. The van der Waals surface area contributed by atoms with Gasteiger partial charge in [0.25, 0.3) is 5.91 Å². The number of nitrogens with one attached hydrogen (secondary N) is 2. The van der Waals surface area contributed by atoms with E-state index >= 15 is 0 Å². The van der Waals surface area contributed by atoms with Crippen molar-refractivity contribution in [2.75, 3.05) is 18.6 Å². The molecule has 0 radical (unpaired) electrons. The second-order valence-corrected chi connectivity index (χ2v) is 10.5. The summed E-state index contributed by atoms with van der Waals surface area (Å²) in [7, 11) is 1.56. The van der Waals surface area contributed by atoms with E-state index in [0.29, 0.717) is 28.3 Å². The number of hydrogen-bond acceptors (Lipinski definition) is 5. The fourth-order valence-corrected chi connectivity index (χ4v) is 4.41. The first kappa shape index (κ1) is 27.9. The third kappa shape index (κ3) is 6.98. The van der Waals surface area contributed by atoms with Crippen molar-refractivity contribution in [1.29, 1.82) is 0 Å². The molecule has 0 bridgehead atoms. The van der Waals surface area contributed by atoms with Crippen molar-refractivity contribution in [3.63, 3.8) is 0 Å². The minimum absolute atomic E-state index is 0.269. The smallest absolute Gasteiger partial charge is 0.261 e. The zero-order chi connectivity index (χ0) is 27.2. The summed E-state index contributed by atoms with van der Waals surface area (Å²) in [6, 6.07) is 15.3. The molecule has 3 rings (SSSR count). The van der Waals surface area contributed by atoms with Crippen LogP contribution in [0.1, 0.15) is 59.6 Å². The van der Waals surface area contributed by atoms with Crippen LogP contribution in [0.2, 0.25) is 0 Å². The summed E-state index contributed by atoms with van der Waals surface area (Å²) in [6.45, 7) is 9.55. The second-order valence-electron chi connectivity index (χ2n) is 9.60. The van der Waals surface area contributed by atoms with Gasteiger partial charge >= 0.3 is 0 Å². The van der Waals surface area contributed by atoms with E-state index in [-0.39, 0.29) is 18.4 Å². The van der Waals surface area contributed by atoms with Crippen molar-refractivity contribution >= 4 is 34.7 Å². The minimum atomic E-state index is -0.992. The molecule has 3 amide bonds. The first-order chi connectivity index (χ1) is 17.6. The number of methoxy groups -OCH3 is 1. The van der Waals surface area contributed by atoms with E-state index in [2.05, 4.69) is 10.6 Å². The summed E-state index contributed by atoms with van der Waals surface area (Å²) in [5, 5.41) is 7.62. The summed E-state index contributed by atoms with van der Waals surface area (Å²) >= 11 is 1.30. The molecule has 0 saturated heterocycles. The molecule has 196 valence electrons. The van der Waals surface area contributed by atoms with E-state index < -0.39 is 17.5 Å². The van der Waals surface area contributed by atoms with E-state index in [1.165, 1.54) is 16.2 Å². The number of aryl methyl sites for hydroxylation is 2. The molecule has 37 heavy (non-hydrogen) atoms. The van der Waals surface area contributed by atoms with Gasteiger partial charge in [-0.25, -0.2) is 0 Å². The number of amides is 3. The molecule has 0 aliphatic rings. The Kier molecular flexibility index (Phi) is 9.10. The maximum absolute atomic E-state index is 13.9. The van der Waals surface area contributed by atoms with Gasteiger partial charge in [-0.2, -0.15) is 0 Å². The quantitative estimate of drug-likeness (QED) is 0.385. The molecule has 0 spiro atoms. The topological polar surface area (TPSA) is 87.7 Å². The summed E-state index contributed by atoms with van der Waals surface area (Å²) in [4.78, 5) is 42.3. The van der Waals surface area contributed by atoms with Crippen LogP contribution in [0.5, 0.6) is 5.75 Å². The lowest BCUT2D eigenvalue weighted by atomic mass is 9.97. The molecule has 1 unspecified atom stereocenters. The van der Waals surface area contributed by atoms with Crippen molar-refractivity contribution in [1.82, 2.24) is 10.6 Å². The Morgan fingerprint density at radius 1 is 1.03 bits per heavy atom. The maximum Gasteiger partial charge on any atom is 0.261 e. The van der Waals surface area contributed by atoms with Gasteiger partial charge in [-0.1, -0.05) is 31.2 Å². The van der Waals surface area contributed by atoms with Crippen LogP contribution < -0.4 is 20.3 Å². The number of anilines is 1. The molecule has 7 nitrogen and oxygen atoms in total. The van der Waals surface area contributed by atoms with Crippen LogP contribution in [0, 0.1) is 13.8 Å². The van der Waals surface area contributed by atoms with Gasteiger partial charge in [0.2, 0.25) is 11.8 Å². The highest BCUT2D eigenvalue weighted by Crippen LogP contribution is 2.32. The predicted molar refractivity (Wildman–Crippen MR) is 148 cm³/mol. The van der Waals surface area contributed by atoms with Gasteiger partial charge in [-0.3, -0.25) is 19.3 Å². The van der Waals surface area contributed by atoms with Crippen LogP contribution >= 0.6 is 11.3 Å². The molecular weight excluding hydrogens is 486 g/mol. The Morgan fingerprint density at radius 3 is 2.41 bits per heavy atom. The van der Waals surface area contributed by atoms with Gasteiger partial charge in [0.1, 0.15) is 11.8 Å². The van der Waals surface area contributed by atoms with Crippen molar-refractivity contribution in [3.8, 4) is 5.75 Å². The summed E-state index contributed by atoms with van der Waals surface area (Å²) < 4.78 is 5.42. The summed E-state index contributed by atoms with van der Waals surface area (Å²) in [6.07, 6.45) is 0.706. The van der Waals surface area contributed by atoms with Crippen LogP contribution in [0.25, 0.3) is 0 Å². The molecule has 0 aliphatic heterocycles. The van der Waals surface area contributed by atoms with Crippen molar-refractivity contribution < 1.29 is 19.1 Å². The molecule has 1 atom stereocenters. The lowest BCUT2D eigenvalue weighted by molar-refractivity contribution is -0.127. The number of thiophene rings is 1. The number of nitrogens with zero attached hydrogens (tertiary/aromatic N) is 1. The molecular formula is C29H35N3O4S. The lowest BCUT2D eigenvalue weighted by Gasteiger charge is -2.35. The van der Waals surface area contributed by atoms with E-state index in [1.54, 1.807) is 48.9 Å². The normalized spacial score (nSPS) is 11.9. The average Bonchev–Trinajstić information content (AvgIpc) is 3.42. The molecule has 8 heteroatoms. The Bertz CT molecular complexity index is 1250. The van der Waals surface area contributed by atoms with Gasteiger partial charge in [0.15, 0.2) is 0 Å². The van der Waals surface area contributed by atoms with Crippen LogP contribution in [0.4, 0.5) is 5.69 Å². The highest BCUT2D eigenvalue weighted by Gasteiger charge is 2.35. The van der Waals surface area contributed by atoms with Crippen LogP contribution in [-0.4, -0.2) is 36.9 Å². The number of ether oxygens (including phenoxy) is 1. The Balaban J connectivity index is 2.08.